The van der Waals surface area contributed by atoms with E-state index in [2.05, 4.69) is 31.7 Å². The van der Waals surface area contributed by atoms with Crippen LogP contribution < -0.4 is 16.6 Å². The number of anilines is 1. The highest BCUT2D eigenvalue weighted by molar-refractivity contribution is 8.07. The predicted octanol–water partition coefficient (Wildman–Crippen LogP) is 3.28. The van der Waals surface area contributed by atoms with Crippen LogP contribution in [0.15, 0.2) is 77.5 Å². The molecular formula is C35H37F2N9O13P2S. The number of alkyl halides is 2. The second-order valence-corrected chi connectivity index (χ2v) is 17.5. The van der Waals surface area contributed by atoms with Crippen molar-refractivity contribution in [2.45, 2.75) is 55.6 Å². The van der Waals surface area contributed by atoms with Crippen molar-refractivity contribution in [1.82, 2.24) is 29.1 Å². The van der Waals surface area contributed by atoms with Gasteiger partial charge in [-0.1, -0.05) is 24.3 Å². The van der Waals surface area contributed by atoms with Crippen LogP contribution in [0.1, 0.15) is 29.2 Å². The smallest absolute Gasteiger partial charge is 0.394 e. The number of amides is 1. The average Bonchev–Trinajstić information content (AvgIpc) is 3.92. The maximum absolute atomic E-state index is 16.9. The van der Waals surface area contributed by atoms with Crippen LogP contribution in [0.2, 0.25) is 0 Å². The fraction of sp³-hybridized carbons (Fsp3) is 0.429. The van der Waals surface area contributed by atoms with Crippen molar-refractivity contribution < 1.29 is 59.9 Å². The highest BCUT2D eigenvalue weighted by Crippen LogP contribution is 2.57. The van der Waals surface area contributed by atoms with Crippen LogP contribution in [-0.4, -0.2) is 116 Å². The summed E-state index contributed by atoms with van der Waals surface area (Å²) in [5, 5.41) is 21.8. The Morgan fingerprint density at radius 3 is 2.47 bits per heavy atom. The average molecular weight is 924 g/mol. The van der Waals surface area contributed by atoms with Crippen LogP contribution in [-0.2, 0) is 53.0 Å². The number of ether oxygens (including phenoxy) is 2. The Hall–Kier alpha value is -4.98. The van der Waals surface area contributed by atoms with E-state index in [9.17, 15) is 24.1 Å². The van der Waals surface area contributed by atoms with Crippen molar-refractivity contribution in [2.75, 3.05) is 44.9 Å². The molecule has 1 amide bonds. The molecule has 22 nitrogen and oxygen atoms in total. The molecule has 5 heterocycles. The quantitative estimate of drug-likeness (QED) is 0.0468. The monoisotopic (exact) mass is 923 g/mol. The number of imidazole rings is 1. The summed E-state index contributed by atoms with van der Waals surface area (Å²) in [7, 11) is -4.72. The molecule has 4 unspecified atom stereocenters. The van der Waals surface area contributed by atoms with Crippen LogP contribution in [0, 0.1) is 17.9 Å². The molecule has 62 heavy (non-hydrogen) atoms. The molecule has 2 saturated heterocycles. The Morgan fingerprint density at radius 1 is 1.05 bits per heavy atom. The number of hydrogen-bond acceptors (Lipinski definition) is 18. The summed E-state index contributed by atoms with van der Waals surface area (Å²) >= 11 is 5.62. The molecule has 2 fully saturated rings. The molecule has 0 saturated carbocycles. The van der Waals surface area contributed by atoms with Gasteiger partial charge in [0.05, 0.1) is 45.2 Å². The van der Waals surface area contributed by atoms with Crippen LogP contribution in [0.4, 0.5) is 14.6 Å². The summed E-state index contributed by atoms with van der Waals surface area (Å²) in [6.07, 6.45) is -10.5. The number of hydrogen-bond donors (Lipinski definition) is 3. The first-order valence-corrected chi connectivity index (χ1v) is 22.4. The van der Waals surface area contributed by atoms with Gasteiger partial charge >= 0.3 is 20.2 Å². The van der Waals surface area contributed by atoms with E-state index in [1.165, 1.54) is 6.08 Å². The number of carbonyl (C=O) groups is 1. The number of aliphatic hydroxyl groups is 1. The molecule has 0 aliphatic carbocycles. The molecule has 6 rings (SSSR count). The van der Waals surface area contributed by atoms with E-state index in [1.807, 2.05) is 11.1 Å². The highest BCUT2D eigenvalue weighted by Gasteiger charge is 2.53. The van der Waals surface area contributed by atoms with Gasteiger partial charge in [0.2, 0.25) is 6.54 Å². The second-order valence-electron chi connectivity index (χ2n) is 13.0. The Kier molecular flexibility index (Phi) is 15.7. The van der Waals surface area contributed by atoms with E-state index in [4.69, 9.17) is 60.3 Å². The third-order valence-corrected chi connectivity index (χ3v) is 12.7. The summed E-state index contributed by atoms with van der Waals surface area (Å²) in [5.41, 5.74) is -1.47. The number of halogens is 2. The first-order chi connectivity index (χ1) is 29.8. The highest BCUT2D eigenvalue weighted by atomic mass is 32.5. The molecule has 10 atom stereocenters. The minimum Gasteiger partial charge on any atom is -0.394 e. The van der Waals surface area contributed by atoms with E-state index >= 15 is 8.78 Å². The Balaban J connectivity index is 1.30. The summed E-state index contributed by atoms with van der Waals surface area (Å²) < 4.78 is 94.3. The minimum atomic E-state index is -4.72. The van der Waals surface area contributed by atoms with E-state index in [0.29, 0.717) is 5.56 Å². The number of aliphatic hydroxyl groups excluding tert-OH is 1. The van der Waals surface area contributed by atoms with Crippen molar-refractivity contribution in [1.29, 1.82) is 5.26 Å². The lowest BCUT2D eigenvalue weighted by molar-refractivity contribution is -0.0553. The number of nitrogens with zero attached hydrogens (tertiary/aromatic N) is 7. The van der Waals surface area contributed by atoms with Crippen molar-refractivity contribution in [3.8, 4) is 6.07 Å². The molecule has 1 aromatic carbocycles. The zero-order chi connectivity index (χ0) is 44.4. The number of phosphoric ester groups is 1. The molecule has 3 N–H and O–H groups in total. The number of nitrogens with one attached hydrogen (secondary N) is 2. The topological polar surface area (TPSA) is 267 Å². The van der Waals surface area contributed by atoms with Crippen LogP contribution in [0.25, 0.3) is 16.0 Å². The lowest BCUT2D eigenvalue weighted by Gasteiger charge is -2.29. The number of nitriles is 1. The summed E-state index contributed by atoms with van der Waals surface area (Å²) in [4.78, 5) is 54.9. The van der Waals surface area contributed by atoms with Crippen molar-refractivity contribution in [3.05, 3.63) is 106 Å². The maximum Gasteiger partial charge on any atom is 0.475 e. The number of H-pyrrole nitrogens is 1. The number of carbonyl (C=O) groups excluding carboxylic acids is 1. The van der Waals surface area contributed by atoms with Gasteiger partial charge in [-0.2, -0.15) is 5.26 Å². The number of aromatic amines is 1. The predicted molar refractivity (Wildman–Crippen MR) is 213 cm³/mol. The number of benzene rings is 1. The number of rotatable bonds is 21. The maximum atomic E-state index is 16.9. The molecule has 330 valence electrons. The van der Waals surface area contributed by atoms with Gasteiger partial charge < -0.3 is 33.8 Å². The number of aromatic nitrogens is 6. The van der Waals surface area contributed by atoms with E-state index < -0.39 is 114 Å². The Labute approximate surface area is 355 Å². The lowest BCUT2D eigenvalue weighted by atomic mass is 10.1. The molecule has 27 heteroatoms. The van der Waals surface area contributed by atoms with Crippen LogP contribution in [0.5, 0.6) is 0 Å². The van der Waals surface area contributed by atoms with Crippen molar-refractivity contribution in [2.24, 2.45) is 0 Å². The van der Waals surface area contributed by atoms with Gasteiger partial charge in [0.25, 0.3) is 11.5 Å². The molecule has 0 bridgehead atoms. The van der Waals surface area contributed by atoms with Gasteiger partial charge in [0.1, 0.15) is 37.4 Å². The number of phosphoric acid groups is 1. The fourth-order valence-electron chi connectivity index (χ4n) is 6.10. The third-order valence-electron chi connectivity index (χ3n) is 8.90. The summed E-state index contributed by atoms with van der Waals surface area (Å²) in [6.45, 7) is 3.24. The van der Waals surface area contributed by atoms with Crippen LogP contribution in [0.3, 0.4) is 0 Å². The van der Waals surface area contributed by atoms with Crippen molar-refractivity contribution >= 4 is 49.2 Å². The third kappa shape index (κ3) is 10.8. The standard InChI is InChI=1S/C35H37F2N9O13P2S/c1-3-14-52-60(51,53-15-7-11-38)58-29-23(57-34(26(29)37)46-20-42-27-30(40-19-41-31(27)46)44-32(49)21-8-5-4-6-9-21)18-55-61(62,54-16-12-39-2)59-28-22(17-47)56-33(25(28)36)45-13-10-24(48)43-35(45)50/h3-6,8-10,13,19-20,22-23,25-26,28-29,33-34,47H,1,7,12,14-18H2,(H,43,48,50)(H,40,41,44,49)/t22-,23-,25+,26+,28?,29?,33-,34-,60?,61?/m1/s1. The van der Waals surface area contributed by atoms with E-state index in [0.717, 1.165) is 34.1 Å². The van der Waals surface area contributed by atoms with Crippen LogP contribution >= 0.6 is 14.5 Å². The molecule has 2 aliphatic rings. The van der Waals surface area contributed by atoms with Gasteiger partial charge in [0, 0.05) is 17.8 Å². The van der Waals surface area contributed by atoms with Gasteiger partial charge in [-0.25, -0.2) is 39.7 Å². The number of fused-ring (bicyclic) bond motifs is 1. The Bertz CT molecular complexity index is 2520. The zero-order valence-corrected chi connectivity index (χ0v) is 34.7. The van der Waals surface area contributed by atoms with Gasteiger partial charge in [-0.3, -0.25) is 41.8 Å². The molecule has 2 aliphatic heterocycles. The molecule has 3 aromatic heterocycles. The minimum absolute atomic E-state index is 0.0231. The van der Waals surface area contributed by atoms with E-state index in [-0.39, 0.29) is 29.9 Å². The summed E-state index contributed by atoms with van der Waals surface area (Å²) in [6, 6.07) is 11.0. The van der Waals surface area contributed by atoms with Gasteiger partial charge in [0.15, 0.2) is 41.8 Å². The van der Waals surface area contributed by atoms with Crippen molar-refractivity contribution in [3.63, 3.8) is 0 Å². The normalized spacial score (nSPS) is 25.4. The Morgan fingerprint density at radius 2 is 1.77 bits per heavy atom. The first-order valence-electron chi connectivity index (χ1n) is 18.4. The largest absolute Gasteiger partial charge is 0.475 e. The fourth-order valence-corrected chi connectivity index (χ4v) is 9.53. The molecule has 0 radical (unpaired) electrons. The molecule has 4 aromatic rings. The lowest BCUT2D eigenvalue weighted by Crippen LogP contribution is -2.37. The zero-order valence-electron chi connectivity index (χ0n) is 32.1. The SMILES string of the molecule is [C-]#[N+]CCOP(=S)(OC[C@H]1O[C@@H](n2cnc3c(NC(=O)c4ccccc4)ncnc32)[C@@H](F)C1OP(=O)(OCC=C)OCCC#N)OC1[C@@H](CO)O[C@@H](n2ccc(=O)[nH]c2=O)[C@H]1F. The van der Waals surface area contributed by atoms with Gasteiger partial charge in [-0.15, -0.1) is 6.58 Å². The second kappa shape index (κ2) is 20.9. The first kappa shape index (κ1) is 46.5. The summed E-state index contributed by atoms with van der Waals surface area (Å²) in [5.74, 6) is -0.550. The van der Waals surface area contributed by atoms with E-state index in [1.54, 1.807) is 30.3 Å². The molecular weight excluding hydrogens is 886 g/mol. The molecule has 0 spiro atoms. The van der Waals surface area contributed by atoms with Gasteiger partial charge in [-0.05, 0) is 23.9 Å².